The number of aromatic nitrogens is 1. The molecule has 1 aromatic heterocycles. The summed E-state index contributed by atoms with van der Waals surface area (Å²) in [5.74, 6) is -0.192. The predicted molar refractivity (Wildman–Crippen MR) is 54.0 cm³/mol. The zero-order valence-corrected chi connectivity index (χ0v) is 8.83. The van der Waals surface area contributed by atoms with Gasteiger partial charge in [-0.15, -0.1) is 0 Å². The summed E-state index contributed by atoms with van der Waals surface area (Å²) in [6.45, 7) is 6.21. The summed E-state index contributed by atoms with van der Waals surface area (Å²) in [4.78, 5) is 15.3. The summed E-state index contributed by atoms with van der Waals surface area (Å²) in [7, 11) is 0. The molecule has 0 bridgehead atoms. The van der Waals surface area contributed by atoms with Gasteiger partial charge >= 0.3 is 5.97 Å². The van der Waals surface area contributed by atoms with Gasteiger partial charge < -0.3 is 4.74 Å². The highest BCUT2D eigenvalue weighted by Crippen LogP contribution is 2.11. The van der Waals surface area contributed by atoms with Gasteiger partial charge in [0.05, 0.1) is 13.0 Å². The second-order valence-electron chi connectivity index (χ2n) is 3.22. The van der Waals surface area contributed by atoms with Crippen LogP contribution in [0.1, 0.15) is 23.6 Å². The number of hydrogen-bond acceptors (Lipinski definition) is 3. The monoisotopic (exact) mass is 193 g/mol. The van der Waals surface area contributed by atoms with E-state index in [1.165, 1.54) is 0 Å². The number of carbonyl (C=O) groups excluding carboxylic acids is 1. The van der Waals surface area contributed by atoms with E-state index >= 15 is 0 Å². The van der Waals surface area contributed by atoms with Crippen LogP contribution < -0.4 is 0 Å². The average Bonchev–Trinajstić information content (AvgIpc) is 2.13. The fourth-order valence-corrected chi connectivity index (χ4v) is 1.23. The number of ether oxygens (including phenoxy) is 1. The minimum absolute atomic E-state index is 0.192. The maximum absolute atomic E-state index is 11.2. The molecule has 3 nitrogen and oxygen atoms in total. The van der Waals surface area contributed by atoms with E-state index in [0.717, 1.165) is 16.7 Å². The number of carbonyl (C=O) groups is 1. The topological polar surface area (TPSA) is 39.2 Å². The molecule has 0 saturated heterocycles. The Balaban J connectivity index is 2.76. The lowest BCUT2D eigenvalue weighted by Gasteiger charge is -2.06. The Kier molecular flexibility index (Phi) is 3.63. The Morgan fingerprint density at radius 3 is 2.79 bits per heavy atom. The molecule has 0 saturated carbocycles. The van der Waals surface area contributed by atoms with Gasteiger partial charge in [-0.05, 0) is 37.5 Å². The molecule has 3 heteroatoms. The van der Waals surface area contributed by atoms with Crippen LogP contribution in [0.15, 0.2) is 12.4 Å². The fraction of sp³-hybridized carbons (Fsp3) is 0.455. The van der Waals surface area contributed by atoms with Crippen molar-refractivity contribution in [2.24, 2.45) is 0 Å². The third kappa shape index (κ3) is 2.55. The van der Waals surface area contributed by atoms with Crippen molar-refractivity contribution in [3.63, 3.8) is 0 Å². The second-order valence-corrected chi connectivity index (χ2v) is 3.22. The highest BCUT2D eigenvalue weighted by molar-refractivity contribution is 5.73. The van der Waals surface area contributed by atoms with Gasteiger partial charge in [-0.1, -0.05) is 0 Å². The molecule has 14 heavy (non-hydrogen) atoms. The van der Waals surface area contributed by atoms with Gasteiger partial charge in [0.15, 0.2) is 0 Å². The smallest absolute Gasteiger partial charge is 0.310 e. The van der Waals surface area contributed by atoms with E-state index in [1.807, 2.05) is 13.8 Å². The molecule has 76 valence electrons. The van der Waals surface area contributed by atoms with Gasteiger partial charge in [-0.2, -0.15) is 0 Å². The number of hydrogen-bond donors (Lipinski definition) is 0. The SMILES string of the molecule is CCOC(=O)Cc1cncc(C)c1C. The van der Waals surface area contributed by atoms with Crippen LogP contribution >= 0.6 is 0 Å². The molecule has 0 spiro atoms. The highest BCUT2D eigenvalue weighted by atomic mass is 16.5. The van der Waals surface area contributed by atoms with Crippen molar-refractivity contribution in [3.05, 3.63) is 29.1 Å². The molecular formula is C11H15NO2. The Hall–Kier alpha value is -1.38. The number of aryl methyl sites for hydroxylation is 1. The summed E-state index contributed by atoms with van der Waals surface area (Å²) in [6, 6.07) is 0. The molecule has 0 aliphatic carbocycles. The summed E-state index contributed by atoms with van der Waals surface area (Å²) >= 11 is 0. The van der Waals surface area contributed by atoms with E-state index in [0.29, 0.717) is 13.0 Å². The molecule has 0 fully saturated rings. The van der Waals surface area contributed by atoms with Crippen LogP contribution in [0.4, 0.5) is 0 Å². The first kappa shape index (κ1) is 10.7. The van der Waals surface area contributed by atoms with Crippen LogP contribution in [0, 0.1) is 13.8 Å². The molecule has 1 heterocycles. The highest BCUT2D eigenvalue weighted by Gasteiger charge is 2.07. The van der Waals surface area contributed by atoms with Crippen LogP contribution in [0.3, 0.4) is 0 Å². The summed E-state index contributed by atoms with van der Waals surface area (Å²) in [6.07, 6.45) is 3.83. The zero-order valence-electron chi connectivity index (χ0n) is 8.83. The molecule has 0 N–H and O–H groups in total. The van der Waals surface area contributed by atoms with Crippen LogP contribution in [0.5, 0.6) is 0 Å². The number of nitrogens with zero attached hydrogens (tertiary/aromatic N) is 1. The summed E-state index contributed by atoms with van der Waals surface area (Å²) < 4.78 is 4.87. The number of pyridine rings is 1. The fourth-order valence-electron chi connectivity index (χ4n) is 1.23. The quantitative estimate of drug-likeness (QED) is 0.687. The molecule has 0 aliphatic rings. The van der Waals surface area contributed by atoms with Crippen LogP contribution in [-0.4, -0.2) is 17.6 Å². The van der Waals surface area contributed by atoms with Gasteiger partial charge in [0.2, 0.25) is 0 Å². The Morgan fingerprint density at radius 2 is 2.14 bits per heavy atom. The summed E-state index contributed by atoms with van der Waals surface area (Å²) in [5.41, 5.74) is 3.17. The Labute approximate surface area is 84.1 Å². The third-order valence-electron chi connectivity index (χ3n) is 2.21. The van der Waals surface area contributed by atoms with E-state index in [4.69, 9.17) is 4.74 Å². The lowest BCUT2D eigenvalue weighted by atomic mass is 10.1. The first-order valence-corrected chi connectivity index (χ1v) is 4.70. The van der Waals surface area contributed by atoms with Gasteiger partial charge in [0.1, 0.15) is 0 Å². The van der Waals surface area contributed by atoms with E-state index in [9.17, 15) is 4.79 Å². The maximum atomic E-state index is 11.2. The van der Waals surface area contributed by atoms with E-state index in [1.54, 1.807) is 19.3 Å². The van der Waals surface area contributed by atoms with Gasteiger partial charge in [-0.25, -0.2) is 0 Å². The molecule has 0 atom stereocenters. The van der Waals surface area contributed by atoms with Crippen molar-refractivity contribution in [2.45, 2.75) is 27.2 Å². The normalized spacial score (nSPS) is 9.93. The zero-order chi connectivity index (χ0) is 10.6. The molecule has 0 unspecified atom stereocenters. The molecule has 0 amide bonds. The van der Waals surface area contributed by atoms with Gasteiger partial charge in [0, 0.05) is 12.4 Å². The molecular weight excluding hydrogens is 178 g/mol. The van der Waals surface area contributed by atoms with Crippen molar-refractivity contribution in [2.75, 3.05) is 6.61 Å². The van der Waals surface area contributed by atoms with Crippen molar-refractivity contribution >= 4 is 5.97 Å². The number of esters is 1. The van der Waals surface area contributed by atoms with Crippen LogP contribution in [0.2, 0.25) is 0 Å². The minimum Gasteiger partial charge on any atom is -0.466 e. The first-order valence-electron chi connectivity index (χ1n) is 4.70. The minimum atomic E-state index is -0.192. The molecule has 1 rings (SSSR count). The predicted octanol–water partition coefficient (Wildman–Crippen LogP) is 1.80. The Morgan fingerprint density at radius 1 is 1.43 bits per heavy atom. The summed E-state index contributed by atoms with van der Waals surface area (Å²) in [5, 5.41) is 0. The lowest BCUT2D eigenvalue weighted by molar-refractivity contribution is -0.142. The second kappa shape index (κ2) is 4.74. The Bertz CT molecular complexity index is 334. The molecule has 0 aliphatic heterocycles. The van der Waals surface area contributed by atoms with Gasteiger partial charge in [-0.3, -0.25) is 9.78 Å². The number of rotatable bonds is 3. The molecule has 1 aromatic rings. The molecule has 0 radical (unpaired) electrons. The van der Waals surface area contributed by atoms with Crippen LogP contribution in [0.25, 0.3) is 0 Å². The standard InChI is InChI=1S/C11H15NO2/c1-4-14-11(13)5-10-7-12-6-8(2)9(10)3/h6-7H,4-5H2,1-3H3. The van der Waals surface area contributed by atoms with E-state index in [2.05, 4.69) is 4.98 Å². The maximum Gasteiger partial charge on any atom is 0.310 e. The van der Waals surface area contributed by atoms with E-state index in [-0.39, 0.29) is 5.97 Å². The van der Waals surface area contributed by atoms with Crippen molar-refractivity contribution in [1.29, 1.82) is 0 Å². The third-order valence-corrected chi connectivity index (χ3v) is 2.21. The average molecular weight is 193 g/mol. The van der Waals surface area contributed by atoms with Crippen molar-refractivity contribution in [1.82, 2.24) is 4.98 Å². The van der Waals surface area contributed by atoms with Crippen LogP contribution in [-0.2, 0) is 16.0 Å². The molecule has 0 aromatic carbocycles. The van der Waals surface area contributed by atoms with E-state index < -0.39 is 0 Å². The van der Waals surface area contributed by atoms with Crippen molar-refractivity contribution < 1.29 is 9.53 Å². The lowest BCUT2D eigenvalue weighted by Crippen LogP contribution is -2.09. The van der Waals surface area contributed by atoms with Gasteiger partial charge in [0.25, 0.3) is 0 Å². The largest absolute Gasteiger partial charge is 0.466 e. The van der Waals surface area contributed by atoms with Crippen molar-refractivity contribution in [3.8, 4) is 0 Å². The first-order chi connectivity index (χ1) is 6.65.